The van der Waals surface area contributed by atoms with E-state index in [-0.39, 0.29) is 0 Å². The second-order valence-corrected chi connectivity index (χ2v) is 4.89. The molecule has 88 valence electrons. The van der Waals surface area contributed by atoms with Gasteiger partial charge in [0.15, 0.2) is 0 Å². The van der Waals surface area contributed by atoms with E-state index in [4.69, 9.17) is 14.2 Å². The molecule has 0 N–H and O–H groups in total. The normalized spacial score (nSPS) is 34.0. The smallest absolute Gasteiger partial charge is 0.0644 e. The Bertz CT molecular complexity index is 167. The zero-order valence-electron chi connectivity index (χ0n) is 9.78. The van der Waals surface area contributed by atoms with Crippen LogP contribution < -0.4 is 0 Å². The second-order valence-electron chi connectivity index (χ2n) is 4.89. The minimum Gasteiger partial charge on any atom is -0.381 e. The van der Waals surface area contributed by atoms with Gasteiger partial charge in [-0.25, -0.2) is 0 Å². The summed E-state index contributed by atoms with van der Waals surface area (Å²) in [5.74, 6) is 1.07. The summed E-state index contributed by atoms with van der Waals surface area (Å²) in [6.07, 6.45) is 3.29. The van der Waals surface area contributed by atoms with Gasteiger partial charge in [-0.15, -0.1) is 0 Å². The third kappa shape index (κ3) is 2.92. The quantitative estimate of drug-likeness (QED) is 0.675. The van der Waals surface area contributed by atoms with E-state index >= 15 is 0 Å². The third-order valence-corrected chi connectivity index (χ3v) is 3.50. The zero-order valence-corrected chi connectivity index (χ0v) is 9.78. The molecule has 0 amide bonds. The summed E-state index contributed by atoms with van der Waals surface area (Å²) >= 11 is 0. The van der Waals surface area contributed by atoms with Gasteiger partial charge in [0.2, 0.25) is 0 Å². The van der Waals surface area contributed by atoms with Gasteiger partial charge in [0, 0.05) is 25.0 Å². The van der Waals surface area contributed by atoms with Gasteiger partial charge in [0.1, 0.15) is 0 Å². The molecule has 4 atom stereocenters. The molecule has 2 aliphatic heterocycles. The molecule has 0 aromatic carbocycles. The molecule has 0 aliphatic carbocycles. The lowest BCUT2D eigenvalue weighted by atomic mass is 9.98. The summed E-state index contributed by atoms with van der Waals surface area (Å²) in [6.45, 7) is 7.91. The standard InChI is InChI=1S/C12H22O3/c1-9(11-3-5-14-11)7-13-8-10(2)12-4-6-15-12/h9-12H,3-8H2,1-2H3. The van der Waals surface area contributed by atoms with E-state index in [1.54, 1.807) is 0 Å². The Kier molecular flexibility index (Phi) is 4.00. The molecule has 2 rings (SSSR count). The van der Waals surface area contributed by atoms with E-state index in [0.717, 1.165) is 26.4 Å². The van der Waals surface area contributed by atoms with Gasteiger partial charge >= 0.3 is 0 Å². The van der Waals surface area contributed by atoms with E-state index in [2.05, 4.69) is 13.8 Å². The first-order chi connectivity index (χ1) is 7.27. The SMILES string of the molecule is CC(COCC(C)C1CCO1)C1CCO1. The highest BCUT2D eigenvalue weighted by Gasteiger charge is 2.27. The van der Waals surface area contributed by atoms with Gasteiger partial charge in [0.05, 0.1) is 25.4 Å². The van der Waals surface area contributed by atoms with Gasteiger partial charge in [-0.05, 0) is 12.8 Å². The van der Waals surface area contributed by atoms with Crippen LogP contribution in [0.15, 0.2) is 0 Å². The maximum atomic E-state index is 5.71. The fourth-order valence-electron chi connectivity index (χ4n) is 2.06. The largest absolute Gasteiger partial charge is 0.381 e. The van der Waals surface area contributed by atoms with Crippen molar-refractivity contribution in [1.82, 2.24) is 0 Å². The van der Waals surface area contributed by atoms with Crippen LogP contribution >= 0.6 is 0 Å². The van der Waals surface area contributed by atoms with Crippen molar-refractivity contribution in [2.75, 3.05) is 26.4 Å². The van der Waals surface area contributed by atoms with Gasteiger partial charge in [-0.1, -0.05) is 13.8 Å². The molecule has 3 nitrogen and oxygen atoms in total. The molecule has 2 saturated heterocycles. The molecule has 0 radical (unpaired) electrons. The number of hydrogen-bond donors (Lipinski definition) is 0. The molecular formula is C12H22O3. The van der Waals surface area contributed by atoms with Crippen LogP contribution in [0.1, 0.15) is 26.7 Å². The highest BCUT2D eigenvalue weighted by atomic mass is 16.5. The highest BCUT2D eigenvalue weighted by molar-refractivity contribution is 4.74. The molecule has 4 unspecified atom stereocenters. The van der Waals surface area contributed by atoms with Crippen molar-refractivity contribution >= 4 is 0 Å². The molecule has 0 saturated carbocycles. The molecule has 0 aromatic rings. The molecule has 2 heterocycles. The monoisotopic (exact) mass is 214 g/mol. The van der Waals surface area contributed by atoms with E-state index in [1.807, 2.05) is 0 Å². The van der Waals surface area contributed by atoms with E-state index in [9.17, 15) is 0 Å². The Morgan fingerprint density at radius 1 is 1.00 bits per heavy atom. The molecule has 2 fully saturated rings. The van der Waals surface area contributed by atoms with E-state index in [1.165, 1.54) is 12.8 Å². The number of rotatable bonds is 6. The number of hydrogen-bond acceptors (Lipinski definition) is 3. The fourth-order valence-corrected chi connectivity index (χ4v) is 2.06. The minimum atomic E-state index is 0.445. The van der Waals surface area contributed by atoms with Crippen LogP contribution in [0.4, 0.5) is 0 Å². The Morgan fingerprint density at radius 3 is 1.67 bits per heavy atom. The van der Waals surface area contributed by atoms with Gasteiger partial charge in [-0.2, -0.15) is 0 Å². The summed E-state index contributed by atoms with van der Waals surface area (Å²) in [5, 5.41) is 0. The van der Waals surface area contributed by atoms with Crippen LogP contribution in [-0.4, -0.2) is 38.6 Å². The number of ether oxygens (including phenoxy) is 3. The molecule has 15 heavy (non-hydrogen) atoms. The fraction of sp³-hybridized carbons (Fsp3) is 1.00. The lowest BCUT2D eigenvalue weighted by Crippen LogP contribution is -2.37. The van der Waals surface area contributed by atoms with E-state index in [0.29, 0.717) is 24.0 Å². The van der Waals surface area contributed by atoms with Gasteiger partial charge in [-0.3, -0.25) is 0 Å². The summed E-state index contributed by atoms with van der Waals surface area (Å²) in [4.78, 5) is 0. The van der Waals surface area contributed by atoms with Gasteiger partial charge in [0.25, 0.3) is 0 Å². The molecule has 3 heteroatoms. The second kappa shape index (κ2) is 5.28. The zero-order chi connectivity index (χ0) is 10.7. The first-order valence-electron chi connectivity index (χ1n) is 6.08. The van der Waals surface area contributed by atoms with Crippen molar-refractivity contribution in [3.05, 3.63) is 0 Å². The topological polar surface area (TPSA) is 27.7 Å². The van der Waals surface area contributed by atoms with Crippen molar-refractivity contribution in [3.8, 4) is 0 Å². The van der Waals surface area contributed by atoms with Crippen LogP contribution in [-0.2, 0) is 14.2 Å². The molecule has 2 aliphatic rings. The maximum absolute atomic E-state index is 5.71. The van der Waals surface area contributed by atoms with Crippen LogP contribution in [0.2, 0.25) is 0 Å². The van der Waals surface area contributed by atoms with Crippen LogP contribution in [0.3, 0.4) is 0 Å². The first kappa shape index (κ1) is 11.4. The molecular weight excluding hydrogens is 192 g/mol. The summed E-state index contributed by atoms with van der Waals surface area (Å²) < 4.78 is 16.6. The predicted molar refractivity (Wildman–Crippen MR) is 57.9 cm³/mol. The third-order valence-electron chi connectivity index (χ3n) is 3.50. The Morgan fingerprint density at radius 2 is 1.40 bits per heavy atom. The Balaban J connectivity index is 1.53. The molecule has 0 bridgehead atoms. The Labute approximate surface area is 92.1 Å². The predicted octanol–water partition coefficient (Wildman–Crippen LogP) is 1.85. The average molecular weight is 214 g/mol. The van der Waals surface area contributed by atoms with E-state index < -0.39 is 0 Å². The highest BCUT2D eigenvalue weighted by Crippen LogP contribution is 2.22. The lowest BCUT2D eigenvalue weighted by molar-refractivity contribution is -0.116. The van der Waals surface area contributed by atoms with Crippen molar-refractivity contribution in [3.63, 3.8) is 0 Å². The van der Waals surface area contributed by atoms with Crippen LogP contribution in [0.5, 0.6) is 0 Å². The van der Waals surface area contributed by atoms with Gasteiger partial charge < -0.3 is 14.2 Å². The Hall–Kier alpha value is -0.120. The molecule has 0 spiro atoms. The van der Waals surface area contributed by atoms with Crippen molar-refractivity contribution < 1.29 is 14.2 Å². The minimum absolute atomic E-state index is 0.445. The van der Waals surface area contributed by atoms with Crippen molar-refractivity contribution in [2.45, 2.75) is 38.9 Å². The molecule has 0 aromatic heterocycles. The van der Waals surface area contributed by atoms with Crippen LogP contribution in [0.25, 0.3) is 0 Å². The van der Waals surface area contributed by atoms with Crippen molar-refractivity contribution in [2.24, 2.45) is 11.8 Å². The summed E-state index contributed by atoms with van der Waals surface area (Å²) in [6, 6.07) is 0. The first-order valence-corrected chi connectivity index (χ1v) is 6.08. The average Bonchev–Trinajstić information content (AvgIpc) is 1.96. The lowest BCUT2D eigenvalue weighted by Gasteiger charge is -2.34. The maximum Gasteiger partial charge on any atom is 0.0644 e. The van der Waals surface area contributed by atoms with Crippen molar-refractivity contribution in [1.29, 1.82) is 0 Å². The summed E-state index contributed by atoms with van der Waals surface area (Å²) in [7, 11) is 0. The van der Waals surface area contributed by atoms with Crippen LogP contribution in [0, 0.1) is 11.8 Å². The summed E-state index contributed by atoms with van der Waals surface area (Å²) in [5.41, 5.74) is 0.